The van der Waals surface area contributed by atoms with Crippen LogP contribution in [0.4, 0.5) is 0 Å². The second kappa shape index (κ2) is 4.93. The number of rotatable bonds is 4. The Labute approximate surface area is 84.4 Å². The number of hydrogen-bond donors (Lipinski definition) is 1. The molecule has 1 aromatic rings. The Morgan fingerprint density at radius 3 is 2.75 bits per heavy atom. The normalized spacial score (nSPS) is 13.2. The summed E-state index contributed by atoms with van der Waals surface area (Å²) in [6, 6.07) is 4.51. The van der Waals surface area contributed by atoms with Crippen molar-refractivity contribution in [3.8, 4) is 0 Å². The van der Waals surface area contributed by atoms with Crippen molar-refractivity contribution < 1.29 is 0 Å². The molecule has 0 amide bonds. The van der Waals surface area contributed by atoms with E-state index in [0.29, 0.717) is 5.92 Å². The molecule has 1 aromatic heterocycles. The van der Waals surface area contributed by atoms with Gasteiger partial charge < -0.3 is 0 Å². The van der Waals surface area contributed by atoms with Gasteiger partial charge in [-0.3, -0.25) is 0 Å². The van der Waals surface area contributed by atoms with Crippen molar-refractivity contribution in [1.82, 2.24) is 0 Å². The summed E-state index contributed by atoms with van der Waals surface area (Å²) >= 11 is 6.19. The van der Waals surface area contributed by atoms with Crippen LogP contribution in [0.15, 0.2) is 12.1 Å². The van der Waals surface area contributed by atoms with Crippen LogP contribution in [-0.2, 0) is 6.42 Å². The largest absolute Gasteiger partial charge is 0.179 e. The zero-order valence-corrected chi connectivity index (χ0v) is 9.42. The summed E-state index contributed by atoms with van der Waals surface area (Å²) in [7, 11) is 0. The number of thiophene rings is 1. The second-order valence-electron chi connectivity index (χ2n) is 3.07. The molecule has 0 fully saturated rings. The lowest BCUT2D eigenvalue weighted by atomic mass is 10.1. The molecule has 0 saturated carbocycles. The van der Waals surface area contributed by atoms with Crippen LogP contribution >= 0.6 is 24.0 Å². The van der Waals surface area contributed by atoms with Crippen LogP contribution in [0.25, 0.3) is 0 Å². The van der Waals surface area contributed by atoms with Crippen molar-refractivity contribution >= 4 is 24.0 Å². The summed E-state index contributed by atoms with van der Waals surface area (Å²) in [5.74, 6) is 1.67. The molecule has 0 N–H and O–H groups in total. The molecule has 1 heterocycles. The summed E-state index contributed by atoms with van der Waals surface area (Å²) in [6.45, 7) is 4.49. The highest BCUT2D eigenvalue weighted by Crippen LogP contribution is 2.27. The zero-order valence-electron chi connectivity index (χ0n) is 7.71. The Bertz CT molecular complexity index is 227. The molecule has 0 radical (unpaired) electrons. The monoisotopic (exact) mass is 200 g/mol. The van der Waals surface area contributed by atoms with Gasteiger partial charge in [-0.1, -0.05) is 13.8 Å². The highest BCUT2D eigenvalue weighted by molar-refractivity contribution is 7.80. The van der Waals surface area contributed by atoms with Crippen LogP contribution in [0.2, 0.25) is 0 Å². The quantitative estimate of drug-likeness (QED) is 0.703. The molecule has 0 bridgehead atoms. The summed E-state index contributed by atoms with van der Waals surface area (Å²) in [6.07, 6.45) is 2.35. The lowest BCUT2D eigenvalue weighted by Gasteiger charge is -2.05. The maximum Gasteiger partial charge on any atom is 0.00766 e. The van der Waals surface area contributed by atoms with Crippen LogP contribution in [0.5, 0.6) is 0 Å². The first-order valence-corrected chi connectivity index (χ1v) is 5.92. The maximum absolute atomic E-state index is 4.24. The molecule has 0 nitrogen and oxygen atoms in total. The van der Waals surface area contributed by atoms with Gasteiger partial charge in [-0.2, -0.15) is 12.6 Å². The van der Waals surface area contributed by atoms with Crippen LogP contribution in [-0.4, -0.2) is 5.75 Å². The molecule has 1 atom stereocenters. The predicted molar refractivity (Wildman–Crippen MR) is 60.6 cm³/mol. The van der Waals surface area contributed by atoms with E-state index in [1.54, 1.807) is 0 Å². The van der Waals surface area contributed by atoms with Gasteiger partial charge in [0.05, 0.1) is 0 Å². The Hall–Kier alpha value is 0.0500. The fourth-order valence-electron chi connectivity index (χ4n) is 1.19. The van der Waals surface area contributed by atoms with Gasteiger partial charge in [-0.25, -0.2) is 0 Å². The van der Waals surface area contributed by atoms with Gasteiger partial charge in [-0.05, 0) is 36.6 Å². The van der Waals surface area contributed by atoms with Gasteiger partial charge in [0.1, 0.15) is 0 Å². The van der Waals surface area contributed by atoms with Crippen molar-refractivity contribution in [3.05, 3.63) is 21.9 Å². The summed E-state index contributed by atoms with van der Waals surface area (Å²) < 4.78 is 0. The second-order valence-corrected chi connectivity index (χ2v) is 4.72. The van der Waals surface area contributed by atoms with Crippen molar-refractivity contribution in [1.29, 1.82) is 0 Å². The van der Waals surface area contributed by atoms with Gasteiger partial charge in [0, 0.05) is 9.75 Å². The van der Waals surface area contributed by atoms with Crippen molar-refractivity contribution in [2.75, 3.05) is 5.75 Å². The van der Waals surface area contributed by atoms with E-state index in [2.05, 4.69) is 38.6 Å². The Morgan fingerprint density at radius 2 is 2.25 bits per heavy atom. The van der Waals surface area contributed by atoms with E-state index in [1.807, 2.05) is 11.3 Å². The third-order valence-electron chi connectivity index (χ3n) is 2.08. The van der Waals surface area contributed by atoms with Crippen molar-refractivity contribution in [2.45, 2.75) is 32.6 Å². The zero-order chi connectivity index (χ0) is 8.97. The van der Waals surface area contributed by atoms with Crippen LogP contribution in [0.3, 0.4) is 0 Å². The molecule has 0 aliphatic heterocycles. The van der Waals surface area contributed by atoms with Gasteiger partial charge in [0.15, 0.2) is 0 Å². The summed E-state index contributed by atoms with van der Waals surface area (Å²) in [5, 5.41) is 0. The first-order chi connectivity index (χ1) is 5.77. The predicted octanol–water partition coefficient (Wildman–Crippen LogP) is 3.73. The molecule has 2 heteroatoms. The average molecular weight is 200 g/mol. The molecule has 0 aliphatic rings. The molecule has 12 heavy (non-hydrogen) atoms. The minimum Gasteiger partial charge on any atom is -0.179 e. The van der Waals surface area contributed by atoms with E-state index in [1.165, 1.54) is 16.2 Å². The SMILES string of the molecule is CCc1ccc(C(C)CCS)s1. The van der Waals surface area contributed by atoms with E-state index in [9.17, 15) is 0 Å². The molecular formula is C10H16S2. The molecular weight excluding hydrogens is 184 g/mol. The molecule has 68 valence electrons. The van der Waals surface area contributed by atoms with Crippen LogP contribution in [0.1, 0.15) is 35.9 Å². The highest BCUT2D eigenvalue weighted by Gasteiger charge is 2.06. The summed E-state index contributed by atoms with van der Waals surface area (Å²) in [4.78, 5) is 3.01. The molecule has 0 aromatic carbocycles. The highest BCUT2D eigenvalue weighted by atomic mass is 32.1. The van der Waals surface area contributed by atoms with Crippen LogP contribution in [0, 0.1) is 0 Å². The Morgan fingerprint density at radius 1 is 1.50 bits per heavy atom. The maximum atomic E-state index is 4.24. The van der Waals surface area contributed by atoms with Gasteiger partial charge in [0.25, 0.3) is 0 Å². The van der Waals surface area contributed by atoms with E-state index in [4.69, 9.17) is 0 Å². The number of aryl methyl sites for hydroxylation is 1. The first kappa shape index (κ1) is 10.1. The standard InChI is InChI=1S/C10H16S2/c1-3-9-4-5-10(12-9)8(2)6-7-11/h4-5,8,11H,3,6-7H2,1-2H3. The minimum absolute atomic E-state index is 0.688. The van der Waals surface area contributed by atoms with Crippen molar-refractivity contribution in [3.63, 3.8) is 0 Å². The molecule has 1 rings (SSSR count). The lowest BCUT2D eigenvalue weighted by molar-refractivity contribution is 0.757. The van der Waals surface area contributed by atoms with E-state index in [0.717, 1.165) is 12.2 Å². The van der Waals surface area contributed by atoms with Gasteiger partial charge >= 0.3 is 0 Å². The molecule has 0 aliphatic carbocycles. The third-order valence-corrected chi connectivity index (χ3v) is 3.80. The molecule has 1 unspecified atom stereocenters. The smallest absolute Gasteiger partial charge is 0.00766 e. The van der Waals surface area contributed by atoms with Crippen molar-refractivity contribution in [2.24, 2.45) is 0 Å². The molecule has 0 saturated heterocycles. The Kier molecular flexibility index (Phi) is 4.16. The fourth-order valence-corrected chi connectivity index (χ4v) is 2.61. The average Bonchev–Trinajstić information content (AvgIpc) is 2.52. The number of hydrogen-bond acceptors (Lipinski definition) is 2. The lowest BCUT2D eigenvalue weighted by Crippen LogP contribution is -1.89. The van der Waals surface area contributed by atoms with E-state index in [-0.39, 0.29) is 0 Å². The first-order valence-electron chi connectivity index (χ1n) is 4.47. The Balaban J connectivity index is 2.61. The molecule has 0 spiro atoms. The van der Waals surface area contributed by atoms with Gasteiger partial charge in [-0.15, -0.1) is 11.3 Å². The van der Waals surface area contributed by atoms with E-state index < -0.39 is 0 Å². The minimum atomic E-state index is 0.688. The summed E-state index contributed by atoms with van der Waals surface area (Å²) in [5.41, 5.74) is 0. The van der Waals surface area contributed by atoms with E-state index >= 15 is 0 Å². The van der Waals surface area contributed by atoms with Crippen LogP contribution < -0.4 is 0 Å². The third kappa shape index (κ3) is 2.53. The number of thiol groups is 1. The topological polar surface area (TPSA) is 0 Å². The fraction of sp³-hybridized carbons (Fsp3) is 0.600. The van der Waals surface area contributed by atoms with Gasteiger partial charge in [0.2, 0.25) is 0 Å².